The van der Waals surface area contributed by atoms with Gasteiger partial charge in [-0.3, -0.25) is 4.84 Å². The quantitative estimate of drug-likeness (QED) is 0.436. The molecule has 0 bridgehead atoms. The van der Waals surface area contributed by atoms with Crippen LogP contribution in [0.3, 0.4) is 0 Å². The molecule has 2 heteroatoms. The van der Waals surface area contributed by atoms with E-state index in [9.17, 15) is 0 Å². The van der Waals surface area contributed by atoms with Gasteiger partial charge in [-0.15, -0.1) is 5.90 Å². The molecule has 0 heterocycles. The Hall–Kier alpha value is -0.0800. The van der Waals surface area contributed by atoms with Crippen molar-refractivity contribution in [1.82, 2.24) is 5.90 Å². The van der Waals surface area contributed by atoms with E-state index in [1.54, 1.807) is 6.42 Å². The van der Waals surface area contributed by atoms with Crippen molar-refractivity contribution in [2.24, 2.45) is 0 Å². The molecule has 2 nitrogen and oxygen atoms in total. The molecule has 0 rings (SSSR count). The van der Waals surface area contributed by atoms with Crippen LogP contribution in [0.1, 0.15) is 6.92 Å². The zero-order chi connectivity index (χ0) is 4.12. The molecule has 0 aromatic rings. The summed E-state index contributed by atoms with van der Waals surface area (Å²) >= 11 is 0. The maximum absolute atomic E-state index is 6.07. The monoisotopic (exact) mass is 73.1 g/mol. The van der Waals surface area contributed by atoms with Crippen LogP contribution in [0.2, 0.25) is 0 Å². The highest BCUT2D eigenvalue weighted by Gasteiger charge is 1.68. The molecule has 0 fully saturated rings. The van der Waals surface area contributed by atoms with Crippen molar-refractivity contribution in [1.29, 1.82) is 0 Å². The first kappa shape index (κ1) is 4.92. The first-order valence-corrected chi connectivity index (χ1v) is 1.48. The molecule has 0 amide bonds. The molecule has 2 radical (unpaired) electrons. The second-order valence-electron chi connectivity index (χ2n) is 0.719. The highest BCUT2D eigenvalue weighted by Crippen LogP contribution is 1.67. The molecule has 0 spiro atoms. The average Bonchev–Trinajstić information content (AvgIpc) is 1.41. The average molecular weight is 73.1 g/mol. The van der Waals surface area contributed by atoms with Gasteiger partial charge in [0, 0.05) is 0 Å². The third kappa shape index (κ3) is 3.92. The number of nitrogens with one attached hydrogen (secondary N) is 1. The van der Waals surface area contributed by atoms with Crippen LogP contribution in [0.25, 0.3) is 0 Å². The Morgan fingerprint density at radius 2 is 2.60 bits per heavy atom. The third-order valence-electron chi connectivity index (χ3n) is 0.250. The largest absolute Gasteiger partial charge is 0.285 e. The van der Waals surface area contributed by atoms with E-state index in [1.807, 2.05) is 6.92 Å². The summed E-state index contributed by atoms with van der Waals surface area (Å²) in [6.45, 7) is 2.27. The highest BCUT2D eigenvalue weighted by molar-refractivity contribution is 4.47. The van der Waals surface area contributed by atoms with E-state index in [2.05, 4.69) is 4.84 Å². The number of rotatable bonds is 2. The van der Waals surface area contributed by atoms with Crippen molar-refractivity contribution >= 4 is 0 Å². The smallest absolute Gasteiger partial charge is 0.0728 e. The van der Waals surface area contributed by atoms with Crippen LogP contribution in [0.5, 0.6) is 0 Å². The standard InChI is InChI=1S/C3H7NO/c1-2-3-5-4/h2,4H,3H2,1H3. The minimum atomic E-state index is 0.431. The zero-order valence-corrected chi connectivity index (χ0v) is 3.19. The van der Waals surface area contributed by atoms with Gasteiger partial charge in [-0.1, -0.05) is 6.92 Å². The Bertz CT molecular complexity index is 14.4. The minimum absolute atomic E-state index is 0.431. The second-order valence-corrected chi connectivity index (χ2v) is 0.719. The summed E-state index contributed by atoms with van der Waals surface area (Å²) in [7, 11) is 0. The van der Waals surface area contributed by atoms with Gasteiger partial charge in [0.05, 0.1) is 6.61 Å². The van der Waals surface area contributed by atoms with Crippen molar-refractivity contribution in [2.75, 3.05) is 6.61 Å². The van der Waals surface area contributed by atoms with E-state index in [0.29, 0.717) is 6.61 Å². The molecular weight excluding hydrogens is 66.0 g/mol. The summed E-state index contributed by atoms with van der Waals surface area (Å²) in [4.78, 5) is 3.89. The summed E-state index contributed by atoms with van der Waals surface area (Å²) in [6.07, 6.45) is 1.77. The van der Waals surface area contributed by atoms with Gasteiger partial charge >= 0.3 is 0 Å². The lowest BCUT2D eigenvalue weighted by atomic mass is 10.5. The van der Waals surface area contributed by atoms with Crippen LogP contribution in [0, 0.1) is 6.42 Å². The minimum Gasteiger partial charge on any atom is -0.285 e. The van der Waals surface area contributed by atoms with E-state index < -0.39 is 0 Å². The van der Waals surface area contributed by atoms with Gasteiger partial charge in [-0.25, -0.2) is 0 Å². The maximum Gasteiger partial charge on any atom is 0.0728 e. The van der Waals surface area contributed by atoms with E-state index in [4.69, 9.17) is 5.90 Å². The summed E-state index contributed by atoms with van der Waals surface area (Å²) in [5.74, 6) is 6.07. The Kier molecular flexibility index (Phi) is 3.86. The Balaban J connectivity index is 2.19. The van der Waals surface area contributed by atoms with Gasteiger partial charge in [0.2, 0.25) is 0 Å². The van der Waals surface area contributed by atoms with Crippen LogP contribution in [-0.4, -0.2) is 6.61 Å². The van der Waals surface area contributed by atoms with Gasteiger partial charge in [-0.05, 0) is 6.42 Å². The predicted molar refractivity (Wildman–Crippen MR) is 19.0 cm³/mol. The summed E-state index contributed by atoms with van der Waals surface area (Å²) in [5.41, 5.74) is 0. The Labute approximate surface area is 31.9 Å². The molecule has 0 aromatic carbocycles. The van der Waals surface area contributed by atoms with Gasteiger partial charge in [0.25, 0.3) is 0 Å². The van der Waals surface area contributed by atoms with E-state index in [0.717, 1.165) is 0 Å². The predicted octanol–water partition coefficient (Wildman–Crippen LogP) is 0.425. The van der Waals surface area contributed by atoms with Crippen LogP contribution in [0.15, 0.2) is 0 Å². The molecule has 30 valence electrons. The Morgan fingerprint density at radius 1 is 2.00 bits per heavy atom. The van der Waals surface area contributed by atoms with Crippen molar-refractivity contribution in [3.05, 3.63) is 6.42 Å². The lowest BCUT2D eigenvalue weighted by molar-refractivity contribution is 0.138. The summed E-state index contributed by atoms with van der Waals surface area (Å²) in [5, 5.41) is 0. The normalized spacial score (nSPS) is 8.40. The molecule has 0 saturated carbocycles. The lowest BCUT2D eigenvalue weighted by Crippen LogP contribution is -1.85. The highest BCUT2D eigenvalue weighted by atomic mass is 16.6. The van der Waals surface area contributed by atoms with Gasteiger partial charge in [0.15, 0.2) is 0 Å². The summed E-state index contributed by atoms with van der Waals surface area (Å²) < 4.78 is 0. The van der Waals surface area contributed by atoms with Gasteiger partial charge in [0.1, 0.15) is 0 Å². The molecule has 0 atom stereocenters. The van der Waals surface area contributed by atoms with Crippen molar-refractivity contribution in [3.8, 4) is 0 Å². The third-order valence-corrected chi connectivity index (χ3v) is 0.250. The number of hydrogen-bond donors (Lipinski definition) is 0. The van der Waals surface area contributed by atoms with E-state index >= 15 is 0 Å². The van der Waals surface area contributed by atoms with Crippen LogP contribution in [-0.2, 0) is 4.84 Å². The molecular formula is C3H7NO. The topological polar surface area (TPSA) is 33.0 Å². The second kappa shape index (κ2) is 3.92. The first-order valence-electron chi connectivity index (χ1n) is 1.48. The van der Waals surface area contributed by atoms with Gasteiger partial charge in [-0.2, -0.15) is 0 Å². The lowest BCUT2D eigenvalue weighted by Gasteiger charge is -1.81. The van der Waals surface area contributed by atoms with E-state index in [1.165, 1.54) is 0 Å². The SMILES string of the molecule is C[CH]CO[NH]. The van der Waals surface area contributed by atoms with Crippen LogP contribution >= 0.6 is 0 Å². The zero-order valence-electron chi connectivity index (χ0n) is 3.19. The molecule has 0 saturated heterocycles. The number of hydrogen-bond acceptors (Lipinski definition) is 1. The van der Waals surface area contributed by atoms with Crippen molar-refractivity contribution in [3.63, 3.8) is 0 Å². The summed E-state index contributed by atoms with van der Waals surface area (Å²) in [6, 6.07) is 0. The molecule has 5 heavy (non-hydrogen) atoms. The van der Waals surface area contributed by atoms with Crippen LogP contribution < -0.4 is 5.90 Å². The Morgan fingerprint density at radius 3 is 2.60 bits per heavy atom. The molecule has 0 aliphatic rings. The molecule has 0 aliphatic heterocycles. The molecule has 0 aromatic heterocycles. The molecule has 0 unspecified atom stereocenters. The fourth-order valence-corrected chi connectivity index (χ4v) is 0.0833. The molecule has 1 N–H and O–H groups in total. The van der Waals surface area contributed by atoms with E-state index in [-0.39, 0.29) is 0 Å². The maximum atomic E-state index is 6.07. The fourth-order valence-electron chi connectivity index (χ4n) is 0.0833. The molecule has 0 aliphatic carbocycles. The fraction of sp³-hybridized carbons (Fsp3) is 0.667. The van der Waals surface area contributed by atoms with Crippen LogP contribution in [0.4, 0.5) is 0 Å². The van der Waals surface area contributed by atoms with Gasteiger partial charge < -0.3 is 0 Å². The first-order chi connectivity index (χ1) is 2.41. The van der Waals surface area contributed by atoms with Crippen molar-refractivity contribution < 1.29 is 4.84 Å². The van der Waals surface area contributed by atoms with Crippen molar-refractivity contribution in [2.45, 2.75) is 6.92 Å².